The molecular formula is C14H20N2O2. The van der Waals surface area contributed by atoms with Gasteiger partial charge in [0.15, 0.2) is 0 Å². The summed E-state index contributed by atoms with van der Waals surface area (Å²) in [6.07, 6.45) is 1.65. The average molecular weight is 248 g/mol. The molecule has 0 aliphatic heterocycles. The summed E-state index contributed by atoms with van der Waals surface area (Å²) in [5.41, 5.74) is 1.67. The van der Waals surface area contributed by atoms with E-state index in [2.05, 4.69) is 6.58 Å². The van der Waals surface area contributed by atoms with Gasteiger partial charge in [0.2, 0.25) is 0 Å². The van der Waals surface area contributed by atoms with Crippen LogP contribution in [-0.2, 0) is 0 Å². The molecule has 0 unspecified atom stereocenters. The monoisotopic (exact) mass is 248 g/mol. The van der Waals surface area contributed by atoms with Crippen molar-refractivity contribution in [3.05, 3.63) is 42.5 Å². The van der Waals surface area contributed by atoms with Crippen LogP contribution >= 0.6 is 0 Å². The summed E-state index contributed by atoms with van der Waals surface area (Å²) in [6, 6.07) is 7.40. The number of carbonyl (C=O) groups is 1. The van der Waals surface area contributed by atoms with Crippen LogP contribution in [-0.4, -0.2) is 49.7 Å². The van der Waals surface area contributed by atoms with Crippen LogP contribution in [0.4, 0.5) is 5.69 Å². The van der Waals surface area contributed by atoms with Crippen molar-refractivity contribution in [3.8, 4) is 0 Å². The second-order valence-corrected chi connectivity index (χ2v) is 4.20. The summed E-state index contributed by atoms with van der Waals surface area (Å²) in [7, 11) is 3.90. The third-order valence-electron chi connectivity index (χ3n) is 2.64. The first kappa shape index (κ1) is 14.3. The van der Waals surface area contributed by atoms with Gasteiger partial charge in [-0.2, -0.15) is 0 Å². The van der Waals surface area contributed by atoms with Gasteiger partial charge in [-0.15, -0.1) is 6.58 Å². The smallest absolute Gasteiger partial charge is 0.254 e. The highest BCUT2D eigenvalue weighted by Gasteiger charge is 2.13. The number of hydrogen-bond acceptors (Lipinski definition) is 3. The number of carbonyl (C=O) groups excluding carboxylic acids is 1. The van der Waals surface area contributed by atoms with Gasteiger partial charge >= 0.3 is 0 Å². The molecule has 0 spiro atoms. The molecule has 0 fully saturated rings. The average Bonchev–Trinajstić information content (AvgIpc) is 2.38. The Morgan fingerprint density at radius 1 is 1.33 bits per heavy atom. The molecule has 1 amide bonds. The fourth-order valence-electron chi connectivity index (χ4n) is 1.64. The SMILES string of the molecule is C=CCN(CCO)C(=O)c1ccc(N(C)C)cc1. The minimum atomic E-state index is -0.0887. The third kappa shape index (κ3) is 3.60. The number of amides is 1. The predicted octanol–water partition coefficient (Wildman–Crippen LogP) is 1.37. The van der Waals surface area contributed by atoms with Crippen LogP contribution in [0.3, 0.4) is 0 Å². The summed E-state index contributed by atoms with van der Waals surface area (Å²) in [5.74, 6) is -0.0887. The van der Waals surface area contributed by atoms with Crippen molar-refractivity contribution >= 4 is 11.6 Å². The van der Waals surface area contributed by atoms with Gasteiger partial charge in [-0.05, 0) is 24.3 Å². The van der Waals surface area contributed by atoms with E-state index in [9.17, 15) is 4.79 Å². The first-order chi connectivity index (χ1) is 8.60. The molecule has 18 heavy (non-hydrogen) atoms. The van der Waals surface area contributed by atoms with E-state index in [4.69, 9.17) is 5.11 Å². The quantitative estimate of drug-likeness (QED) is 0.773. The summed E-state index contributed by atoms with van der Waals surface area (Å²) < 4.78 is 0. The summed E-state index contributed by atoms with van der Waals surface area (Å²) >= 11 is 0. The second kappa shape index (κ2) is 6.81. The van der Waals surface area contributed by atoms with E-state index < -0.39 is 0 Å². The highest BCUT2D eigenvalue weighted by atomic mass is 16.3. The summed E-state index contributed by atoms with van der Waals surface area (Å²) in [6.45, 7) is 4.33. The Morgan fingerprint density at radius 3 is 2.39 bits per heavy atom. The number of anilines is 1. The standard InChI is InChI=1S/C14H20N2O2/c1-4-9-16(10-11-17)14(18)12-5-7-13(8-6-12)15(2)3/h4-8,17H,1,9-11H2,2-3H3. The Morgan fingerprint density at radius 2 is 1.94 bits per heavy atom. The molecule has 1 N–H and O–H groups in total. The van der Waals surface area contributed by atoms with Crippen LogP contribution in [0.15, 0.2) is 36.9 Å². The maximum absolute atomic E-state index is 12.2. The fourth-order valence-corrected chi connectivity index (χ4v) is 1.64. The molecule has 0 aliphatic carbocycles. The minimum Gasteiger partial charge on any atom is -0.395 e. The number of aliphatic hydroxyl groups excluding tert-OH is 1. The van der Waals surface area contributed by atoms with E-state index in [-0.39, 0.29) is 12.5 Å². The lowest BCUT2D eigenvalue weighted by molar-refractivity contribution is 0.0743. The molecule has 98 valence electrons. The first-order valence-electron chi connectivity index (χ1n) is 5.88. The number of nitrogens with zero attached hydrogens (tertiary/aromatic N) is 2. The van der Waals surface area contributed by atoms with Crippen molar-refractivity contribution in [1.29, 1.82) is 0 Å². The molecule has 4 nitrogen and oxygen atoms in total. The Labute approximate surface area is 108 Å². The Hall–Kier alpha value is -1.81. The van der Waals surface area contributed by atoms with Crippen LogP contribution < -0.4 is 4.90 Å². The Kier molecular flexibility index (Phi) is 5.39. The molecule has 0 saturated heterocycles. The van der Waals surface area contributed by atoms with Crippen molar-refractivity contribution in [3.63, 3.8) is 0 Å². The van der Waals surface area contributed by atoms with Crippen molar-refractivity contribution in [2.45, 2.75) is 0 Å². The molecule has 0 bridgehead atoms. The highest BCUT2D eigenvalue weighted by Crippen LogP contribution is 2.13. The molecule has 0 radical (unpaired) electrons. The lowest BCUT2D eigenvalue weighted by atomic mass is 10.1. The zero-order chi connectivity index (χ0) is 13.5. The van der Waals surface area contributed by atoms with Crippen molar-refractivity contribution in [1.82, 2.24) is 4.90 Å². The molecule has 0 heterocycles. The number of benzene rings is 1. The molecule has 0 atom stereocenters. The predicted molar refractivity (Wildman–Crippen MR) is 74.0 cm³/mol. The van der Waals surface area contributed by atoms with E-state index in [0.29, 0.717) is 18.7 Å². The number of rotatable bonds is 6. The molecule has 0 saturated carbocycles. The Bertz CT molecular complexity index is 399. The molecule has 4 heteroatoms. The summed E-state index contributed by atoms with van der Waals surface area (Å²) in [5, 5.41) is 8.94. The summed E-state index contributed by atoms with van der Waals surface area (Å²) in [4.78, 5) is 15.7. The normalized spacial score (nSPS) is 9.94. The van der Waals surface area contributed by atoms with E-state index in [0.717, 1.165) is 5.69 Å². The van der Waals surface area contributed by atoms with Crippen LogP contribution in [0.5, 0.6) is 0 Å². The lowest BCUT2D eigenvalue weighted by Gasteiger charge is -2.20. The van der Waals surface area contributed by atoms with Crippen molar-refractivity contribution in [2.24, 2.45) is 0 Å². The zero-order valence-electron chi connectivity index (χ0n) is 11.0. The van der Waals surface area contributed by atoms with Crippen LogP contribution in [0.25, 0.3) is 0 Å². The largest absolute Gasteiger partial charge is 0.395 e. The molecular weight excluding hydrogens is 228 g/mol. The van der Waals surface area contributed by atoms with Gasteiger partial charge in [-0.1, -0.05) is 6.08 Å². The van der Waals surface area contributed by atoms with Gasteiger partial charge < -0.3 is 14.9 Å². The maximum atomic E-state index is 12.2. The third-order valence-corrected chi connectivity index (χ3v) is 2.64. The number of aliphatic hydroxyl groups is 1. The van der Waals surface area contributed by atoms with Gasteiger partial charge in [-0.3, -0.25) is 4.79 Å². The van der Waals surface area contributed by atoms with Crippen LogP contribution in [0.1, 0.15) is 10.4 Å². The Balaban J connectivity index is 2.84. The topological polar surface area (TPSA) is 43.8 Å². The lowest BCUT2D eigenvalue weighted by Crippen LogP contribution is -2.33. The number of hydrogen-bond donors (Lipinski definition) is 1. The van der Waals surface area contributed by atoms with E-state index >= 15 is 0 Å². The van der Waals surface area contributed by atoms with Gasteiger partial charge in [-0.25, -0.2) is 0 Å². The highest BCUT2D eigenvalue weighted by molar-refractivity contribution is 5.94. The van der Waals surface area contributed by atoms with Gasteiger partial charge in [0.25, 0.3) is 5.91 Å². The minimum absolute atomic E-state index is 0.0463. The van der Waals surface area contributed by atoms with Crippen LogP contribution in [0.2, 0.25) is 0 Å². The van der Waals surface area contributed by atoms with Gasteiger partial charge in [0.1, 0.15) is 0 Å². The molecule has 0 aromatic heterocycles. The van der Waals surface area contributed by atoms with Crippen LogP contribution in [0, 0.1) is 0 Å². The first-order valence-corrected chi connectivity index (χ1v) is 5.88. The van der Waals surface area contributed by atoms with Gasteiger partial charge in [0.05, 0.1) is 6.61 Å². The van der Waals surface area contributed by atoms with E-state index in [1.807, 2.05) is 31.1 Å². The van der Waals surface area contributed by atoms with E-state index in [1.165, 1.54) is 0 Å². The van der Waals surface area contributed by atoms with Gasteiger partial charge in [0, 0.05) is 38.4 Å². The zero-order valence-corrected chi connectivity index (χ0v) is 11.0. The maximum Gasteiger partial charge on any atom is 0.254 e. The van der Waals surface area contributed by atoms with E-state index in [1.54, 1.807) is 23.1 Å². The molecule has 0 aliphatic rings. The molecule has 1 aromatic carbocycles. The molecule has 1 aromatic rings. The van der Waals surface area contributed by atoms with Crippen molar-refractivity contribution in [2.75, 3.05) is 38.7 Å². The second-order valence-electron chi connectivity index (χ2n) is 4.20. The fraction of sp³-hybridized carbons (Fsp3) is 0.357. The molecule has 1 rings (SSSR count). The van der Waals surface area contributed by atoms with Crippen molar-refractivity contribution < 1.29 is 9.90 Å².